The normalized spacial score (nSPS) is 9.58. The minimum absolute atomic E-state index is 0.333. The molecule has 0 saturated carbocycles. The Morgan fingerprint density at radius 1 is 1.13 bits per heavy atom. The Kier molecular flexibility index (Phi) is 10.7. The highest BCUT2D eigenvalue weighted by Gasteiger charge is 2.18. The summed E-state index contributed by atoms with van der Waals surface area (Å²) in [7, 11) is 0. The van der Waals surface area contributed by atoms with Crippen LogP contribution in [0.1, 0.15) is 43.6 Å². The maximum atomic E-state index is 12.2. The van der Waals surface area contributed by atoms with Crippen LogP contribution in [0.25, 0.3) is 10.9 Å². The lowest BCUT2D eigenvalue weighted by Crippen LogP contribution is -2.09. The van der Waals surface area contributed by atoms with Crippen molar-refractivity contribution in [2.45, 2.75) is 40.8 Å². The first kappa shape index (κ1) is 25.6. The number of aryl methyl sites for hydroxylation is 1. The van der Waals surface area contributed by atoms with Crippen LogP contribution in [-0.2, 0) is 17.9 Å². The molecule has 3 aromatic rings. The molecule has 0 aliphatic carbocycles. The van der Waals surface area contributed by atoms with Gasteiger partial charge in [-0.1, -0.05) is 43.0 Å². The number of carbonyl (C=O) groups is 2. The zero-order valence-electron chi connectivity index (χ0n) is 18.7. The zero-order chi connectivity index (χ0) is 23.4. The second-order valence-corrected chi connectivity index (χ2v) is 6.75. The van der Waals surface area contributed by atoms with Gasteiger partial charge in [0, 0.05) is 30.6 Å². The van der Waals surface area contributed by atoms with Crippen molar-refractivity contribution in [1.82, 2.24) is 4.57 Å². The minimum Gasteiger partial charge on any atom is -0.489 e. The van der Waals surface area contributed by atoms with Gasteiger partial charge in [-0.25, -0.2) is 4.39 Å². The van der Waals surface area contributed by atoms with Crippen LogP contribution >= 0.6 is 0 Å². The van der Waals surface area contributed by atoms with Gasteiger partial charge in [-0.2, -0.15) is 0 Å². The first-order chi connectivity index (χ1) is 14.7. The molecular weight excluding hydrogens is 393 g/mol. The fourth-order valence-electron chi connectivity index (χ4n) is 2.74. The van der Waals surface area contributed by atoms with Crippen molar-refractivity contribution in [2.24, 2.45) is 0 Å². The second-order valence-electron chi connectivity index (χ2n) is 6.75. The van der Waals surface area contributed by atoms with Crippen molar-refractivity contribution < 1.29 is 18.7 Å². The average Bonchev–Trinajstić information content (AvgIpc) is 3.10. The van der Waals surface area contributed by atoms with Crippen molar-refractivity contribution in [3.63, 3.8) is 0 Å². The number of ether oxygens (including phenoxy) is 1. The van der Waals surface area contributed by atoms with E-state index in [-0.39, 0.29) is 5.83 Å². The predicted molar refractivity (Wildman–Crippen MR) is 125 cm³/mol. The third-order valence-electron chi connectivity index (χ3n) is 4.01. The van der Waals surface area contributed by atoms with Gasteiger partial charge in [-0.3, -0.25) is 9.59 Å². The van der Waals surface area contributed by atoms with E-state index in [0.29, 0.717) is 17.9 Å². The summed E-state index contributed by atoms with van der Waals surface area (Å²) in [5.74, 6) is -0.578. The van der Waals surface area contributed by atoms with Crippen molar-refractivity contribution in [3.05, 3.63) is 90.9 Å². The SMILES string of the molecule is C=C(C)F.C=CC.CCn1cc(C(=O)C(C)=O)c2cc(OCc3ccccc3)ccc21. The average molecular weight is 424 g/mol. The van der Waals surface area contributed by atoms with E-state index in [4.69, 9.17) is 4.74 Å². The van der Waals surface area contributed by atoms with Crippen LogP contribution in [0.4, 0.5) is 4.39 Å². The van der Waals surface area contributed by atoms with Gasteiger partial charge in [0.05, 0.1) is 11.4 Å². The van der Waals surface area contributed by atoms with Gasteiger partial charge in [-0.05, 0) is 44.5 Å². The quantitative estimate of drug-likeness (QED) is 0.252. The standard InChI is InChI=1S/C20H19NO3.C3H5F.C3H6/c1-3-21-12-18(20(23)14(2)22)17-11-16(9-10-19(17)21)24-13-15-7-5-4-6-8-15;1-3(2)4;1-3-2/h4-12H,3,13H2,1-2H3;1H2,2H3;3H,1H2,2H3. The first-order valence-corrected chi connectivity index (χ1v) is 9.98. The van der Waals surface area contributed by atoms with Gasteiger partial charge in [0.15, 0.2) is 5.78 Å². The molecule has 0 atom stereocenters. The monoisotopic (exact) mass is 423 g/mol. The smallest absolute Gasteiger partial charge is 0.230 e. The van der Waals surface area contributed by atoms with E-state index in [9.17, 15) is 14.0 Å². The number of nitrogens with zero attached hydrogens (tertiary/aromatic N) is 1. The van der Waals surface area contributed by atoms with Crippen molar-refractivity contribution in [3.8, 4) is 5.75 Å². The Bertz CT molecular complexity index is 1030. The topological polar surface area (TPSA) is 48.3 Å². The van der Waals surface area contributed by atoms with Gasteiger partial charge in [0.2, 0.25) is 5.78 Å². The van der Waals surface area contributed by atoms with Crippen molar-refractivity contribution in [2.75, 3.05) is 0 Å². The third-order valence-corrected chi connectivity index (χ3v) is 4.01. The predicted octanol–water partition coefficient (Wildman–Crippen LogP) is 6.69. The fraction of sp³-hybridized carbons (Fsp3) is 0.231. The lowest BCUT2D eigenvalue weighted by Gasteiger charge is -2.07. The van der Waals surface area contributed by atoms with Gasteiger partial charge >= 0.3 is 0 Å². The van der Waals surface area contributed by atoms with Gasteiger partial charge in [0.25, 0.3) is 0 Å². The zero-order valence-corrected chi connectivity index (χ0v) is 18.7. The van der Waals surface area contributed by atoms with Crippen LogP contribution in [0.2, 0.25) is 0 Å². The molecule has 1 aromatic heterocycles. The number of allylic oxidation sites excluding steroid dienone is 2. The number of Topliss-reactive ketones (excluding diaryl/α,β-unsaturated/α-hetero) is 2. The summed E-state index contributed by atoms with van der Waals surface area (Å²) in [6.45, 7) is 13.9. The second kappa shape index (κ2) is 13.0. The molecule has 0 radical (unpaired) electrons. The molecule has 0 unspecified atom stereocenters. The number of benzene rings is 2. The van der Waals surface area contributed by atoms with E-state index in [1.54, 1.807) is 12.3 Å². The van der Waals surface area contributed by atoms with E-state index < -0.39 is 11.6 Å². The molecule has 0 aliphatic rings. The molecule has 0 amide bonds. The molecule has 0 aliphatic heterocycles. The minimum atomic E-state index is -0.465. The van der Waals surface area contributed by atoms with Crippen LogP contribution < -0.4 is 4.74 Å². The van der Waals surface area contributed by atoms with Crippen LogP contribution in [0, 0.1) is 0 Å². The van der Waals surface area contributed by atoms with Crippen LogP contribution in [-0.4, -0.2) is 16.1 Å². The Labute approximate surface area is 183 Å². The van der Waals surface area contributed by atoms with Crippen LogP contribution in [0.15, 0.2) is 79.8 Å². The number of hydrogen-bond donors (Lipinski definition) is 0. The molecule has 3 rings (SSSR count). The summed E-state index contributed by atoms with van der Waals surface area (Å²) in [6, 6.07) is 15.5. The Morgan fingerprint density at radius 3 is 2.23 bits per heavy atom. The Morgan fingerprint density at radius 2 is 1.71 bits per heavy atom. The van der Waals surface area contributed by atoms with Gasteiger partial charge in [0.1, 0.15) is 12.4 Å². The number of hydrogen-bond acceptors (Lipinski definition) is 3. The van der Waals surface area contributed by atoms with Crippen molar-refractivity contribution in [1.29, 1.82) is 0 Å². The summed E-state index contributed by atoms with van der Waals surface area (Å²) < 4.78 is 18.6. The maximum Gasteiger partial charge on any atom is 0.230 e. The molecule has 0 fully saturated rings. The number of aromatic nitrogens is 1. The molecule has 2 aromatic carbocycles. The molecule has 164 valence electrons. The largest absolute Gasteiger partial charge is 0.489 e. The number of ketones is 2. The van der Waals surface area contributed by atoms with E-state index >= 15 is 0 Å². The summed E-state index contributed by atoms with van der Waals surface area (Å²) in [4.78, 5) is 23.7. The highest BCUT2D eigenvalue weighted by Crippen LogP contribution is 2.27. The summed E-state index contributed by atoms with van der Waals surface area (Å²) in [5, 5.41) is 0.752. The lowest BCUT2D eigenvalue weighted by atomic mass is 10.1. The number of fused-ring (bicyclic) bond motifs is 1. The number of rotatable bonds is 6. The number of carbonyl (C=O) groups excluding carboxylic acids is 2. The Hall–Kier alpha value is -3.47. The fourth-order valence-corrected chi connectivity index (χ4v) is 2.74. The van der Waals surface area contributed by atoms with E-state index in [0.717, 1.165) is 23.0 Å². The molecule has 1 heterocycles. The third kappa shape index (κ3) is 8.05. The molecule has 0 spiro atoms. The molecule has 0 saturated heterocycles. The van der Waals surface area contributed by atoms with Crippen molar-refractivity contribution >= 4 is 22.5 Å². The maximum absolute atomic E-state index is 12.2. The lowest BCUT2D eigenvalue weighted by molar-refractivity contribution is -0.113. The summed E-state index contributed by atoms with van der Waals surface area (Å²) in [5.41, 5.74) is 2.43. The molecule has 0 bridgehead atoms. The van der Waals surface area contributed by atoms with E-state index in [1.807, 2.05) is 66.9 Å². The summed E-state index contributed by atoms with van der Waals surface area (Å²) in [6.07, 6.45) is 3.50. The highest BCUT2D eigenvalue weighted by atomic mass is 19.1. The Balaban J connectivity index is 0.000000604. The van der Waals surface area contributed by atoms with Gasteiger partial charge < -0.3 is 9.30 Å². The van der Waals surface area contributed by atoms with E-state index in [1.165, 1.54) is 13.8 Å². The summed E-state index contributed by atoms with van der Waals surface area (Å²) >= 11 is 0. The molecule has 4 nitrogen and oxygen atoms in total. The van der Waals surface area contributed by atoms with Gasteiger partial charge in [-0.15, -0.1) is 6.58 Å². The molecule has 0 N–H and O–H groups in total. The first-order valence-electron chi connectivity index (χ1n) is 9.98. The van der Waals surface area contributed by atoms with Crippen LogP contribution in [0.3, 0.4) is 0 Å². The molecule has 5 heteroatoms. The highest BCUT2D eigenvalue weighted by molar-refractivity contribution is 6.45. The molecular formula is C26H30FNO3. The number of halogens is 1. The molecule has 31 heavy (non-hydrogen) atoms. The van der Waals surface area contributed by atoms with Crippen LogP contribution in [0.5, 0.6) is 5.75 Å². The van der Waals surface area contributed by atoms with E-state index in [2.05, 4.69) is 13.2 Å².